The van der Waals surface area contributed by atoms with Crippen molar-refractivity contribution in [3.05, 3.63) is 76.9 Å². The number of hydrogen-bond acceptors (Lipinski definition) is 7. The molecule has 0 radical (unpaired) electrons. The largest absolute Gasteiger partial charge is 0.593 e. The van der Waals surface area contributed by atoms with Gasteiger partial charge in [0.15, 0.2) is 5.71 Å². The Kier molecular flexibility index (Phi) is 8.51. The molecule has 0 atom stereocenters. The van der Waals surface area contributed by atoms with Crippen molar-refractivity contribution in [2.75, 3.05) is 14.2 Å². The number of carbonyl (C=O) groups excluding carboxylic acids is 1. The molecule has 0 saturated heterocycles. The molecule has 0 aliphatic heterocycles. The molecule has 0 bridgehead atoms. The van der Waals surface area contributed by atoms with E-state index in [1.54, 1.807) is 31.2 Å². The van der Waals surface area contributed by atoms with Crippen molar-refractivity contribution in [3.8, 4) is 0 Å². The van der Waals surface area contributed by atoms with Crippen molar-refractivity contribution in [2.45, 2.75) is 20.5 Å². The van der Waals surface area contributed by atoms with Crippen LogP contribution in [0.4, 0.5) is 0 Å². The third kappa shape index (κ3) is 6.27. The summed E-state index contributed by atoms with van der Waals surface area (Å²) in [7, 11) is 2.61. The number of oxime groups is 2. The Labute approximate surface area is 180 Å². The first kappa shape index (κ1) is 23.3. The standard InChI is InChI=1S/C23H25N3O5/c1-15-9-8-12-18(22(26-30-4)23(28)29-3)19(15)14-31-25-16(2)20(24)13-21(27)17-10-6-5-7-11-17/h5-13,24,27H,14H2,1-4H3/p+1/b21-13-,24-20?,25-16+,26-22+. The van der Waals surface area contributed by atoms with Gasteiger partial charge in [-0.3, -0.25) is 5.41 Å². The summed E-state index contributed by atoms with van der Waals surface area (Å²) in [6, 6.07) is 14.5. The SMILES string of the molecule is CO/N=C(/C(=O)OC)c1cccc(C)c1CO/N=C(\C)C(=N)/C=C(\[OH2+])c1ccccc1. The Morgan fingerprint density at radius 2 is 1.81 bits per heavy atom. The molecule has 0 aromatic heterocycles. The number of nitrogens with zero attached hydrogens (tertiary/aromatic N) is 2. The number of benzene rings is 2. The minimum atomic E-state index is -0.635. The second-order valence-electron chi connectivity index (χ2n) is 6.50. The van der Waals surface area contributed by atoms with Gasteiger partial charge in [-0.1, -0.05) is 46.7 Å². The van der Waals surface area contributed by atoms with Crippen molar-refractivity contribution in [2.24, 2.45) is 10.3 Å². The van der Waals surface area contributed by atoms with Gasteiger partial charge < -0.3 is 19.5 Å². The molecule has 3 N–H and O–H groups in total. The van der Waals surface area contributed by atoms with Gasteiger partial charge in [-0.05, 0) is 31.5 Å². The lowest BCUT2D eigenvalue weighted by molar-refractivity contribution is -0.132. The Hall–Kier alpha value is -3.94. The fourth-order valence-electron chi connectivity index (χ4n) is 2.69. The van der Waals surface area contributed by atoms with E-state index in [9.17, 15) is 4.79 Å². The number of ether oxygens (including phenoxy) is 1. The highest BCUT2D eigenvalue weighted by Gasteiger charge is 2.20. The highest BCUT2D eigenvalue weighted by molar-refractivity contribution is 6.45. The van der Waals surface area contributed by atoms with Crippen LogP contribution in [0.15, 0.2) is 64.9 Å². The van der Waals surface area contributed by atoms with Gasteiger partial charge in [-0.25, -0.2) is 4.79 Å². The van der Waals surface area contributed by atoms with Gasteiger partial charge >= 0.3 is 5.97 Å². The molecule has 0 aliphatic carbocycles. The molecule has 8 nitrogen and oxygen atoms in total. The smallest absolute Gasteiger partial charge is 0.360 e. The molecule has 2 aromatic rings. The topological polar surface area (TPSA) is 116 Å². The Morgan fingerprint density at radius 3 is 2.45 bits per heavy atom. The maximum absolute atomic E-state index is 12.1. The van der Waals surface area contributed by atoms with Crippen LogP contribution >= 0.6 is 0 Å². The van der Waals surface area contributed by atoms with Crippen LogP contribution < -0.4 is 0 Å². The average molecular weight is 424 g/mol. The molecule has 2 rings (SSSR count). The van der Waals surface area contributed by atoms with Crippen LogP contribution in [-0.4, -0.2) is 42.4 Å². The summed E-state index contributed by atoms with van der Waals surface area (Å²) in [4.78, 5) is 22.4. The predicted molar refractivity (Wildman–Crippen MR) is 120 cm³/mol. The first-order chi connectivity index (χ1) is 14.9. The number of hydrogen-bond donors (Lipinski definition) is 1. The van der Waals surface area contributed by atoms with Crippen LogP contribution in [-0.2, 0) is 25.8 Å². The van der Waals surface area contributed by atoms with E-state index in [1.807, 2.05) is 31.2 Å². The van der Waals surface area contributed by atoms with Gasteiger partial charge in [0, 0.05) is 11.1 Å². The molecule has 0 unspecified atom stereocenters. The quantitative estimate of drug-likeness (QED) is 0.219. The highest BCUT2D eigenvalue weighted by Crippen LogP contribution is 2.18. The van der Waals surface area contributed by atoms with Crippen LogP contribution in [0.1, 0.15) is 29.2 Å². The van der Waals surface area contributed by atoms with Gasteiger partial charge in [-0.2, -0.15) is 0 Å². The average Bonchev–Trinajstić information content (AvgIpc) is 2.78. The van der Waals surface area contributed by atoms with E-state index < -0.39 is 5.97 Å². The maximum atomic E-state index is 12.1. The number of esters is 1. The highest BCUT2D eigenvalue weighted by atomic mass is 16.6. The second-order valence-corrected chi connectivity index (χ2v) is 6.50. The van der Waals surface area contributed by atoms with Gasteiger partial charge in [-0.15, -0.1) is 0 Å². The summed E-state index contributed by atoms with van der Waals surface area (Å²) in [5.41, 5.74) is 3.17. The molecular formula is C23H26N3O5+. The summed E-state index contributed by atoms with van der Waals surface area (Å²) in [5, 5.41) is 24.0. The fourth-order valence-corrected chi connectivity index (χ4v) is 2.69. The van der Waals surface area contributed by atoms with Crippen LogP contribution in [0.2, 0.25) is 0 Å². The molecule has 2 aromatic carbocycles. The predicted octanol–water partition coefficient (Wildman–Crippen LogP) is 3.20. The van der Waals surface area contributed by atoms with Crippen molar-refractivity contribution in [1.82, 2.24) is 0 Å². The van der Waals surface area contributed by atoms with Crippen LogP contribution in [0.25, 0.3) is 5.76 Å². The van der Waals surface area contributed by atoms with E-state index in [1.165, 1.54) is 20.3 Å². The molecule has 31 heavy (non-hydrogen) atoms. The van der Waals surface area contributed by atoms with E-state index in [-0.39, 0.29) is 23.8 Å². The lowest BCUT2D eigenvalue weighted by Gasteiger charge is -2.12. The van der Waals surface area contributed by atoms with Crippen LogP contribution in [0.3, 0.4) is 0 Å². The number of rotatable bonds is 9. The second kappa shape index (κ2) is 11.3. The zero-order chi connectivity index (χ0) is 22.8. The summed E-state index contributed by atoms with van der Waals surface area (Å²) in [5.74, 6) is -0.427. The summed E-state index contributed by atoms with van der Waals surface area (Å²) in [6.07, 6.45) is 1.41. The number of methoxy groups -OCH3 is 1. The van der Waals surface area contributed by atoms with E-state index in [0.717, 1.165) is 5.56 Å². The molecule has 0 spiro atoms. The lowest BCUT2D eigenvalue weighted by Crippen LogP contribution is -2.20. The Balaban J connectivity index is 2.19. The molecule has 8 heteroatoms. The van der Waals surface area contributed by atoms with Crippen LogP contribution in [0.5, 0.6) is 0 Å². The summed E-state index contributed by atoms with van der Waals surface area (Å²) in [6.45, 7) is 3.54. The number of carbonyl (C=O) groups is 1. The van der Waals surface area contributed by atoms with E-state index >= 15 is 0 Å². The monoisotopic (exact) mass is 424 g/mol. The van der Waals surface area contributed by atoms with Gasteiger partial charge in [0.2, 0.25) is 0 Å². The number of allylic oxidation sites excluding steroid dienone is 1. The van der Waals surface area contributed by atoms with Crippen LogP contribution in [0, 0.1) is 12.3 Å². The van der Waals surface area contributed by atoms with E-state index in [4.69, 9.17) is 24.9 Å². The van der Waals surface area contributed by atoms with Gasteiger partial charge in [0.05, 0.1) is 24.5 Å². The Morgan fingerprint density at radius 1 is 1.10 bits per heavy atom. The molecule has 0 fully saturated rings. The molecule has 0 aliphatic rings. The summed E-state index contributed by atoms with van der Waals surface area (Å²) >= 11 is 0. The fraction of sp³-hybridized carbons (Fsp3) is 0.217. The third-order valence-corrected chi connectivity index (χ3v) is 4.40. The van der Waals surface area contributed by atoms with Crippen molar-refractivity contribution >= 4 is 28.9 Å². The molecular weight excluding hydrogens is 398 g/mol. The van der Waals surface area contributed by atoms with E-state index in [0.29, 0.717) is 22.4 Å². The number of nitrogens with one attached hydrogen (secondary N) is 1. The molecule has 0 amide bonds. The lowest BCUT2D eigenvalue weighted by atomic mass is 9.99. The normalized spacial score (nSPS) is 12.3. The first-order valence-electron chi connectivity index (χ1n) is 9.41. The molecule has 0 heterocycles. The van der Waals surface area contributed by atoms with E-state index in [2.05, 4.69) is 10.3 Å². The van der Waals surface area contributed by atoms with Crippen molar-refractivity contribution in [3.63, 3.8) is 0 Å². The summed E-state index contributed by atoms with van der Waals surface area (Å²) < 4.78 is 4.79. The van der Waals surface area contributed by atoms with Gasteiger partial charge in [0.1, 0.15) is 19.4 Å². The minimum Gasteiger partial charge on any atom is -0.593 e. The van der Waals surface area contributed by atoms with Gasteiger partial charge in [0.25, 0.3) is 5.76 Å². The Bertz CT molecular complexity index is 1030. The zero-order valence-corrected chi connectivity index (χ0v) is 17.9. The third-order valence-electron chi connectivity index (χ3n) is 4.40. The zero-order valence-electron chi connectivity index (χ0n) is 17.9. The molecule has 162 valence electrons. The first-order valence-corrected chi connectivity index (χ1v) is 9.41. The number of aryl methyl sites for hydroxylation is 1. The maximum Gasteiger partial charge on any atom is 0.360 e. The minimum absolute atomic E-state index is 0.0189. The van der Waals surface area contributed by atoms with Crippen molar-refractivity contribution < 1.29 is 24.3 Å². The molecule has 0 saturated carbocycles. The van der Waals surface area contributed by atoms with Crippen molar-refractivity contribution in [1.29, 1.82) is 5.41 Å².